The van der Waals surface area contributed by atoms with Gasteiger partial charge in [-0.3, -0.25) is 0 Å². The fourth-order valence-electron chi connectivity index (χ4n) is 2.31. The molecule has 3 aromatic rings. The predicted molar refractivity (Wildman–Crippen MR) is 117 cm³/mol. The van der Waals surface area contributed by atoms with Crippen LogP contribution in [0, 0.1) is 6.92 Å². The molecule has 26 heavy (non-hydrogen) atoms. The van der Waals surface area contributed by atoms with Crippen LogP contribution in [-0.2, 0) is 0 Å². The molecule has 0 amide bonds. The molecule has 0 aromatic heterocycles. The average molecular weight is 376 g/mol. The second-order valence-corrected chi connectivity index (χ2v) is 7.91. The number of hydrogen-bond donors (Lipinski definition) is 0. The predicted octanol–water partition coefficient (Wildman–Crippen LogP) is 7.51. The Morgan fingerprint density at radius 2 is 1.46 bits per heavy atom. The summed E-state index contributed by atoms with van der Waals surface area (Å²) >= 11 is 3.43. The molecule has 0 N–H and O–H groups in total. The fraction of sp³-hybridized carbons (Fsp3) is 0.0870. The van der Waals surface area contributed by atoms with Crippen molar-refractivity contribution in [3.8, 4) is 0 Å². The summed E-state index contributed by atoms with van der Waals surface area (Å²) in [7, 11) is 0. The van der Waals surface area contributed by atoms with Gasteiger partial charge in [0.05, 0.1) is 5.69 Å². The van der Waals surface area contributed by atoms with E-state index in [9.17, 15) is 0 Å². The minimum absolute atomic E-state index is 0.972. The highest BCUT2D eigenvalue weighted by molar-refractivity contribution is 8.14. The van der Waals surface area contributed by atoms with Gasteiger partial charge in [0.25, 0.3) is 0 Å². The Hall–Kier alpha value is -2.23. The molecule has 0 bridgehead atoms. The van der Waals surface area contributed by atoms with Gasteiger partial charge in [0.2, 0.25) is 0 Å². The highest BCUT2D eigenvalue weighted by Gasteiger charge is 2.07. The number of nitrogens with zero attached hydrogens (tertiary/aromatic N) is 1. The van der Waals surface area contributed by atoms with Crippen LogP contribution in [0.25, 0.3) is 0 Å². The Morgan fingerprint density at radius 3 is 2.15 bits per heavy atom. The van der Waals surface area contributed by atoms with E-state index >= 15 is 0 Å². The van der Waals surface area contributed by atoms with Crippen LogP contribution in [0.3, 0.4) is 0 Å². The van der Waals surface area contributed by atoms with Crippen molar-refractivity contribution in [2.75, 3.05) is 0 Å². The number of hydrogen-bond acceptors (Lipinski definition) is 3. The molecule has 0 aliphatic carbocycles. The number of benzene rings is 3. The van der Waals surface area contributed by atoms with Crippen molar-refractivity contribution in [2.24, 2.45) is 4.99 Å². The Balaban J connectivity index is 1.88. The van der Waals surface area contributed by atoms with Gasteiger partial charge >= 0.3 is 0 Å². The molecule has 0 aliphatic rings. The average Bonchev–Trinajstić information content (AvgIpc) is 2.67. The normalized spacial score (nSPS) is 12.2. The van der Waals surface area contributed by atoms with E-state index in [-0.39, 0.29) is 0 Å². The van der Waals surface area contributed by atoms with Crippen LogP contribution < -0.4 is 0 Å². The lowest BCUT2D eigenvalue weighted by Gasteiger charge is -2.08. The summed E-state index contributed by atoms with van der Waals surface area (Å²) in [5.74, 6) is 0. The summed E-state index contributed by atoms with van der Waals surface area (Å²) in [4.78, 5) is 7.33. The van der Waals surface area contributed by atoms with Crippen molar-refractivity contribution in [3.05, 3.63) is 101 Å². The number of aliphatic imine (C=N–C) groups is 1. The summed E-state index contributed by atoms with van der Waals surface area (Å²) in [6.07, 6.45) is 0. The third-order valence-electron chi connectivity index (χ3n) is 3.64. The second kappa shape index (κ2) is 9.46. The zero-order valence-corrected chi connectivity index (χ0v) is 16.6. The first kappa shape index (κ1) is 18.6. The molecule has 3 rings (SSSR count). The number of aryl methyl sites for hydroxylation is 1. The van der Waals surface area contributed by atoms with E-state index in [2.05, 4.69) is 67.8 Å². The second-order valence-electron chi connectivity index (χ2n) is 5.90. The van der Waals surface area contributed by atoms with Gasteiger partial charge in [-0.25, -0.2) is 4.99 Å². The highest BCUT2D eigenvalue weighted by atomic mass is 32.2. The number of rotatable bonds is 5. The highest BCUT2D eigenvalue weighted by Crippen LogP contribution is 2.29. The molecule has 0 saturated heterocycles. The maximum absolute atomic E-state index is 4.89. The Morgan fingerprint density at radius 1 is 0.808 bits per heavy atom. The van der Waals surface area contributed by atoms with Crippen LogP contribution in [0.2, 0.25) is 0 Å². The smallest absolute Gasteiger partial charge is 0.105 e. The van der Waals surface area contributed by atoms with Crippen molar-refractivity contribution in [3.63, 3.8) is 0 Å². The van der Waals surface area contributed by atoms with Crippen molar-refractivity contribution in [2.45, 2.75) is 23.6 Å². The van der Waals surface area contributed by atoms with E-state index in [1.807, 2.05) is 36.4 Å². The molecular weight excluding hydrogens is 354 g/mol. The minimum Gasteiger partial charge on any atom is -0.241 e. The van der Waals surface area contributed by atoms with Gasteiger partial charge in [-0.15, -0.1) is 0 Å². The Labute approximate surface area is 164 Å². The Bertz CT molecular complexity index is 900. The van der Waals surface area contributed by atoms with Crippen LogP contribution in [-0.4, -0.2) is 5.04 Å². The standard InChI is InChI=1S/C23H21NS2/c1-18-10-9-15-22(16-18)26-23(24-20-11-5-3-6-12-20)19(2)17-25-21-13-7-4-8-14-21/h3-17H,1-2H3. The Kier molecular flexibility index (Phi) is 6.75. The summed E-state index contributed by atoms with van der Waals surface area (Å²) < 4.78 is 0. The zero-order valence-electron chi connectivity index (χ0n) is 14.9. The molecule has 0 radical (unpaired) electrons. The molecule has 0 heterocycles. The van der Waals surface area contributed by atoms with Crippen LogP contribution in [0.4, 0.5) is 5.69 Å². The van der Waals surface area contributed by atoms with E-state index in [0.717, 1.165) is 16.3 Å². The van der Waals surface area contributed by atoms with Crippen molar-refractivity contribution in [1.82, 2.24) is 0 Å². The molecule has 0 unspecified atom stereocenters. The number of thioether (sulfide) groups is 2. The molecule has 0 fully saturated rings. The first-order chi connectivity index (χ1) is 12.7. The summed E-state index contributed by atoms with van der Waals surface area (Å²) in [5.41, 5.74) is 3.39. The van der Waals surface area contributed by atoms with Gasteiger partial charge in [-0.1, -0.05) is 77.6 Å². The van der Waals surface area contributed by atoms with E-state index in [1.54, 1.807) is 23.5 Å². The lowest BCUT2D eigenvalue weighted by molar-refractivity contribution is 1.37. The monoisotopic (exact) mass is 375 g/mol. The van der Waals surface area contributed by atoms with E-state index < -0.39 is 0 Å². The van der Waals surface area contributed by atoms with Crippen molar-refractivity contribution < 1.29 is 0 Å². The van der Waals surface area contributed by atoms with Gasteiger partial charge in [0.15, 0.2) is 0 Å². The molecule has 3 aromatic carbocycles. The molecular formula is C23H21NS2. The summed E-state index contributed by atoms with van der Waals surface area (Å²) in [5, 5.41) is 3.20. The largest absolute Gasteiger partial charge is 0.241 e. The fourth-order valence-corrected chi connectivity index (χ4v) is 4.11. The topological polar surface area (TPSA) is 12.4 Å². The van der Waals surface area contributed by atoms with Gasteiger partial charge in [-0.05, 0) is 61.2 Å². The third kappa shape index (κ3) is 5.65. The quantitative estimate of drug-likeness (QED) is 0.260. The third-order valence-corrected chi connectivity index (χ3v) is 5.76. The van der Waals surface area contributed by atoms with E-state index in [1.165, 1.54) is 15.4 Å². The van der Waals surface area contributed by atoms with Gasteiger partial charge in [-0.2, -0.15) is 0 Å². The summed E-state index contributed by atoms with van der Waals surface area (Å²) in [6, 6.07) is 29.1. The van der Waals surface area contributed by atoms with E-state index in [0.29, 0.717) is 0 Å². The summed E-state index contributed by atoms with van der Waals surface area (Å²) in [6.45, 7) is 4.24. The van der Waals surface area contributed by atoms with Gasteiger partial charge < -0.3 is 0 Å². The maximum Gasteiger partial charge on any atom is 0.105 e. The molecule has 0 atom stereocenters. The van der Waals surface area contributed by atoms with Gasteiger partial charge in [0.1, 0.15) is 5.04 Å². The zero-order chi connectivity index (χ0) is 18.2. The van der Waals surface area contributed by atoms with Crippen LogP contribution in [0.1, 0.15) is 12.5 Å². The lowest BCUT2D eigenvalue weighted by Crippen LogP contribution is -1.94. The lowest BCUT2D eigenvalue weighted by atomic mass is 10.2. The molecule has 0 saturated carbocycles. The van der Waals surface area contributed by atoms with Crippen molar-refractivity contribution in [1.29, 1.82) is 0 Å². The SMILES string of the molecule is CC(=CSc1ccccc1)C(=Nc1ccccc1)Sc1cccc(C)c1. The van der Waals surface area contributed by atoms with Crippen LogP contribution in [0.15, 0.2) is 111 Å². The molecule has 3 heteroatoms. The molecule has 0 spiro atoms. The van der Waals surface area contributed by atoms with Crippen molar-refractivity contribution >= 4 is 34.3 Å². The minimum atomic E-state index is 0.972. The van der Waals surface area contributed by atoms with Crippen LogP contribution in [0.5, 0.6) is 0 Å². The number of para-hydroxylation sites is 1. The first-order valence-electron chi connectivity index (χ1n) is 8.48. The molecule has 0 aliphatic heterocycles. The molecule has 130 valence electrons. The molecule has 1 nitrogen and oxygen atoms in total. The van der Waals surface area contributed by atoms with Crippen LogP contribution >= 0.6 is 23.5 Å². The first-order valence-corrected chi connectivity index (χ1v) is 10.2. The van der Waals surface area contributed by atoms with Gasteiger partial charge in [0, 0.05) is 9.79 Å². The van der Waals surface area contributed by atoms with E-state index in [4.69, 9.17) is 4.99 Å². The maximum atomic E-state index is 4.89.